The van der Waals surface area contributed by atoms with E-state index in [1.54, 1.807) is 18.2 Å². The zero-order valence-electron chi connectivity index (χ0n) is 10.4. The van der Waals surface area contributed by atoms with E-state index in [1.807, 2.05) is 11.8 Å². The molecule has 0 unspecified atom stereocenters. The number of pyridine rings is 1. The van der Waals surface area contributed by atoms with E-state index in [2.05, 4.69) is 4.98 Å². The van der Waals surface area contributed by atoms with E-state index in [4.69, 9.17) is 5.11 Å². The minimum absolute atomic E-state index is 0.0148. The lowest BCUT2D eigenvalue weighted by Crippen LogP contribution is -2.16. The lowest BCUT2D eigenvalue weighted by Gasteiger charge is -2.22. The number of aromatic nitrogens is 1. The van der Waals surface area contributed by atoms with Crippen LogP contribution in [0, 0.1) is 5.82 Å². The minimum Gasteiger partial charge on any atom is -0.477 e. The summed E-state index contributed by atoms with van der Waals surface area (Å²) in [5.41, 5.74) is 1.41. The first-order valence-electron chi connectivity index (χ1n) is 5.84. The Morgan fingerprint density at radius 3 is 2.63 bits per heavy atom. The lowest BCUT2D eigenvalue weighted by molar-refractivity contribution is 0.0690. The molecular weight excluding hydrogens is 247 g/mol. The van der Waals surface area contributed by atoms with Crippen LogP contribution in [0.2, 0.25) is 0 Å². The molecule has 1 heterocycles. The van der Waals surface area contributed by atoms with Crippen molar-refractivity contribution in [3.8, 4) is 0 Å². The summed E-state index contributed by atoms with van der Waals surface area (Å²) in [5.74, 6) is -1.38. The molecule has 0 saturated heterocycles. The molecule has 5 heteroatoms. The molecular formula is C14H13FN2O2. The molecule has 1 N–H and O–H groups in total. The van der Waals surface area contributed by atoms with Gasteiger partial charge in [0.25, 0.3) is 0 Å². The van der Waals surface area contributed by atoms with Gasteiger partial charge in [-0.15, -0.1) is 0 Å². The van der Waals surface area contributed by atoms with Crippen molar-refractivity contribution in [2.45, 2.75) is 6.92 Å². The number of anilines is 2. The second kappa shape index (κ2) is 5.48. The quantitative estimate of drug-likeness (QED) is 0.917. The Labute approximate surface area is 110 Å². The summed E-state index contributed by atoms with van der Waals surface area (Å²) in [4.78, 5) is 16.4. The highest BCUT2D eigenvalue weighted by atomic mass is 19.1. The summed E-state index contributed by atoms with van der Waals surface area (Å²) in [7, 11) is 0. The SMILES string of the molecule is CCN(c1ccc(C(=O)O)nc1)c1cccc(F)c1. The van der Waals surface area contributed by atoms with Crippen LogP contribution in [0.25, 0.3) is 0 Å². The maximum absolute atomic E-state index is 13.2. The molecule has 2 aromatic rings. The van der Waals surface area contributed by atoms with Gasteiger partial charge in [0, 0.05) is 12.2 Å². The van der Waals surface area contributed by atoms with Crippen LogP contribution in [-0.2, 0) is 0 Å². The Balaban J connectivity index is 2.34. The number of carbonyl (C=O) groups is 1. The van der Waals surface area contributed by atoms with Crippen LogP contribution < -0.4 is 4.90 Å². The van der Waals surface area contributed by atoms with Gasteiger partial charge >= 0.3 is 5.97 Å². The van der Waals surface area contributed by atoms with Gasteiger partial charge in [0.05, 0.1) is 11.9 Å². The van der Waals surface area contributed by atoms with Gasteiger partial charge in [0.2, 0.25) is 0 Å². The van der Waals surface area contributed by atoms with Crippen molar-refractivity contribution in [1.29, 1.82) is 0 Å². The molecule has 0 fully saturated rings. The normalized spacial score (nSPS) is 10.2. The van der Waals surface area contributed by atoms with Crippen molar-refractivity contribution in [3.63, 3.8) is 0 Å². The third-order valence-electron chi connectivity index (χ3n) is 2.71. The smallest absolute Gasteiger partial charge is 0.354 e. The molecule has 19 heavy (non-hydrogen) atoms. The molecule has 1 aromatic heterocycles. The predicted octanol–water partition coefficient (Wildman–Crippen LogP) is 3.08. The van der Waals surface area contributed by atoms with Crippen LogP contribution in [0.15, 0.2) is 42.6 Å². The number of carboxylic acids is 1. The van der Waals surface area contributed by atoms with Gasteiger partial charge in [-0.05, 0) is 37.3 Å². The molecule has 4 nitrogen and oxygen atoms in total. The van der Waals surface area contributed by atoms with E-state index in [-0.39, 0.29) is 11.5 Å². The van der Waals surface area contributed by atoms with Gasteiger partial charge in [-0.2, -0.15) is 0 Å². The molecule has 0 aliphatic rings. The number of halogens is 1. The van der Waals surface area contributed by atoms with Gasteiger partial charge in [0.15, 0.2) is 0 Å². The van der Waals surface area contributed by atoms with Crippen molar-refractivity contribution in [2.75, 3.05) is 11.4 Å². The number of hydrogen-bond donors (Lipinski definition) is 1. The number of rotatable bonds is 4. The molecule has 98 valence electrons. The average molecular weight is 260 g/mol. The van der Waals surface area contributed by atoms with Crippen LogP contribution in [0.5, 0.6) is 0 Å². The number of benzene rings is 1. The fourth-order valence-electron chi connectivity index (χ4n) is 1.83. The zero-order chi connectivity index (χ0) is 13.8. The second-order valence-electron chi connectivity index (χ2n) is 3.93. The monoisotopic (exact) mass is 260 g/mol. The molecule has 1 aromatic carbocycles. The summed E-state index contributed by atoms with van der Waals surface area (Å²) in [6, 6.07) is 9.31. The first-order chi connectivity index (χ1) is 9.11. The third-order valence-corrected chi connectivity index (χ3v) is 2.71. The molecule has 0 radical (unpaired) electrons. The Morgan fingerprint density at radius 2 is 2.11 bits per heavy atom. The minimum atomic E-state index is -1.07. The van der Waals surface area contributed by atoms with E-state index in [0.29, 0.717) is 12.2 Å². The Bertz CT molecular complexity index is 584. The topological polar surface area (TPSA) is 53.4 Å². The Hall–Kier alpha value is -2.43. The van der Waals surface area contributed by atoms with Crippen molar-refractivity contribution >= 4 is 17.3 Å². The number of aromatic carboxylic acids is 1. The van der Waals surface area contributed by atoms with E-state index in [9.17, 15) is 9.18 Å². The van der Waals surface area contributed by atoms with Crippen molar-refractivity contribution in [2.24, 2.45) is 0 Å². The standard InChI is InChI=1S/C14H13FN2O2/c1-2-17(11-5-3-4-10(15)8-11)12-6-7-13(14(18)19)16-9-12/h3-9H,2H2,1H3,(H,18,19). The average Bonchev–Trinajstić information content (AvgIpc) is 2.40. The van der Waals surface area contributed by atoms with Crippen molar-refractivity contribution in [3.05, 3.63) is 54.1 Å². The fraction of sp³-hybridized carbons (Fsp3) is 0.143. The number of hydrogen-bond acceptors (Lipinski definition) is 3. The highest BCUT2D eigenvalue weighted by molar-refractivity contribution is 5.85. The van der Waals surface area contributed by atoms with Crippen LogP contribution in [0.1, 0.15) is 17.4 Å². The maximum atomic E-state index is 13.2. The highest BCUT2D eigenvalue weighted by Crippen LogP contribution is 2.24. The predicted molar refractivity (Wildman–Crippen MR) is 70.3 cm³/mol. The Morgan fingerprint density at radius 1 is 1.32 bits per heavy atom. The van der Waals surface area contributed by atoms with Gasteiger partial charge in [0.1, 0.15) is 11.5 Å². The summed E-state index contributed by atoms with van der Waals surface area (Å²) in [5, 5.41) is 8.80. The second-order valence-corrected chi connectivity index (χ2v) is 3.93. The van der Waals surface area contributed by atoms with E-state index in [0.717, 1.165) is 5.69 Å². The van der Waals surface area contributed by atoms with E-state index in [1.165, 1.54) is 24.4 Å². The molecule has 0 bridgehead atoms. The third kappa shape index (κ3) is 2.88. The van der Waals surface area contributed by atoms with Crippen LogP contribution in [-0.4, -0.2) is 22.6 Å². The number of nitrogens with zero attached hydrogens (tertiary/aromatic N) is 2. The molecule has 0 spiro atoms. The van der Waals surface area contributed by atoms with Crippen LogP contribution in [0.3, 0.4) is 0 Å². The van der Waals surface area contributed by atoms with E-state index >= 15 is 0 Å². The lowest BCUT2D eigenvalue weighted by atomic mass is 10.2. The van der Waals surface area contributed by atoms with Gasteiger partial charge in [-0.3, -0.25) is 0 Å². The summed E-state index contributed by atoms with van der Waals surface area (Å²) in [6.07, 6.45) is 1.47. The molecule has 0 aliphatic heterocycles. The first-order valence-corrected chi connectivity index (χ1v) is 5.84. The van der Waals surface area contributed by atoms with Crippen molar-refractivity contribution < 1.29 is 14.3 Å². The maximum Gasteiger partial charge on any atom is 0.354 e. The number of carboxylic acid groups (broad SMARTS) is 1. The zero-order valence-corrected chi connectivity index (χ0v) is 10.4. The summed E-state index contributed by atoms with van der Waals surface area (Å²) < 4.78 is 13.2. The largest absolute Gasteiger partial charge is 0.477 e. The van der Waals surface area contributed by atoms with E-state index < -0.39 is 5.97 Å². The molecule has 0 amide bonds. The fourth-order valence-corrected chi connectivity index (χ4v) is 1.83. The first kappa shape index (κ1) is 13.0. The van der Waals surface area contributed by atoms with Gasteiger partial charge < -0.3 is 10.0 Å². The summed E-state index contributed by atoms with van der Waals surface area (Å²) in [6.45, 7) is 2.55. The highest BCUT2D eigenvalue weighted by Gasteiger charge is 2.10. The van der Waals surface area contributed by atoms with Gasteiger partial charge in [-0.25, -0.2) is 14.2 Å². The van der Waals surface area contributed by atoms with Crippen LogP contribution in [0.4, 0.5) is 15.8 Å². The van der Waals surface area contributed by atoms with Gasteiger partial charge in [-0.1, -0.05) is 6.07 Å². The molecule has 2 rings (SSSR count). The van der Waals surface area contributed by atoms with Crippen LogP contribution >= 0.6 is 0 Å². The summed E-state index contributed by atoms with van der Waals surface area (Å²) >= 11 is 0. The van der Waals surface area contributed by atoms with Crippen molar-refractivity contribution in [1.82, 2.24) is 4.98 Å². The molecule has 0 aliphatic carbocycles. The molecule has 0 saturated carbocycles. The molecule has 0 atom stereocenters. The Kier molecular flexibility index (Phi) is 3.75.